The highest BCUT2D eigenvalue weighted by molar-refractivity contribution is 9.10. The van der Waals surface area contributed by atoms with Crippen LogP contribution in [0.25, 0.3) is 11.2 Å². The van der Waals surface area contributed by atoms with E-state index in [-0.39, 0.29) is 17.6 Å². The van der Waals surface area contributed by atoms with E-state index >= 15 is 0 Å². The number of sulfonamides is 1. The summed E-state index contributed by atoms with van der Waals surface area (Å²) in [5.74, 6) is 0.344. The Labute approximate surface area is 130 Å². The summed E-state index contributed by atoms with van der Waals surface area (Å²) in [4.78, 5) is 13.6. The average Bonchev–Trinajstić information content (AvgIpc) is 2.76. The van der Waals surface area contributed by atoms with Gasteiger partial charge in [-0.1, -0.05) is 0 Å². The van der Waals surface area contributed by atoms with Gasteiger partial charge in [-0.05, 0) is 15.9 Å². The molecule has 116 valence electrons. The monoisotopic (exact) mass is 378 g/mol. The Balaban J connectivity index is 2.22. The first-order valence-corrected chi connectivity index (χ1v) is 8.67. The first-order valence-electron chi connectivity index (χ1n) is 6.03. The Bertz CT molecular complexity index is 811. The Morgan fingerprint density at radius 2 is 1.90 bits per heavy atom. The lowest BCUT2D eigenvalue weighted by molar-refractivity contribution is 0.472. The second-order valence-corrected chi connectivity index (χ2v) is 7.64. The van der Waals surface area contributed by atoms with Crippen molar-refractivity contribution < 1.29 is 17.3 Å². The zero-order valence-electron chi connectivity index (χ0n) is 11.8. The van der Waals surface area contributed by atoms with E-state index in [2.05, 4.69) is 15.9 Å². The third kappa shape index (κ3) is 3.47. The van der Waals surface area contributed by atoms with Gasteiger partial charge in [-0.15, -0.1) is 0 Å². The number of furan rings is 1. The predicted molar refractivity (Wildman–Crippen MR) is 83.2 cm³/mol. The van der Waals surface area contributed by atoms with Crippen LogP contribution in [-0.2, 0) is 10.0 Å². The number of rotatable bonds is 5. The van der Waals surface area contributed by atoms with E-state index in [1.165, 1.54) is 23.7 Å². The predicted octanol–water partition coefficient (Wildman–Crippen LogP) is 1.48. The van der Waals surface area contributed by atoms with E-state index in [4.69, 9.17) is 8.83 Å². The Morgan fingerprint density at radius 3 is 2.52 bits per heavy atom. The number of hydrogen-bond donors (Lipinski definition) is 0. The van der Waals surface area contributed by atoms with Crippen molar-refractivity contribution in [2.24, 2.45) is 0 Å². The summed E-state index contributed by atoms with van der Waals surface area (Å²) < 4.78 is 35.2. The van der Waals surface area contributed by atoms with Gasteiger partial charge in [-0.2, -0.15) is 0 Å². The van der Waals surface area contributed by atoms with E-state index in [1.54, 1.807) is 11.9 Å². The molecule has 9 heteroatoms. The van der Waals surface area contributed by atoms with Gasteiger partial charge in [0.25, 0.3) is 0 Å². The SMILES string of the molecule is CN(CCN(C)S(C)(=O)=O)c1cc(=O)c2occ(Br)c2o1. The molecule has 0 bridgehead atoms. The summed E-state index contributed by atoms with van der Waals surface area (Å²) in [5.41, 5.74) is 0.188. The van der Waals surface area contributed by atoms with Gasteiger partial charge in [0.05, 0.1) is 16.8 Å². The Morgan fingerprint density at radius 1 is 1.24 bits per heavy atom. The van der Waals surface area contributed by atoms with Crippen LogP contribution in [-0.4, -0.2) is 46.2 Å². The van der Waals surface area contributed by atoms with Crippen LogP contribution in [0.3, 0.4) is 0 Å². The Kier molecular flexibility index (Phi) is 4.45. The van der Waals surface area contributed by atoms with Crippen molar-refractivity contribution in [3.05, 3.63) is 27.0 Å². The lowest BCUT2D eigenvalue weighted by Gasteiger charge is -2.21. The number of hydrogen-bond acceptors (Lipinski definition) is 6. The fourth-order valence-corrected chi connectivity index (χ4v) is 2.43. The van der Waals surface area contributed by atoms with Gasteiger partial charge in [0.2, 0.25) is 21.0 Å². The average molecular weight is 379 g/mol. The van der Waals surface area contributed by atoms with E-state index < -0.39 is 10.0 Å². The number of fused-ring (bicyclic) bond motifs is 1. The molecule has 0 unspecified atom stereocenters. The van der Waals surface area contributed by atoms with Crippen LogP contribution in [0.2, 0.25) is 0 Å². The number of anilines is 1. The van der Waals surface area contributed by atoms with Crippen molar-refractivity contribution >= 4 is 43.0 Å². The van der Waals surface area contributed by atoms with Gasteiger partial charge in [0.15, 0.2) is 11.5 Å². The second-order valence-electron chi connectivity index (χ2n) is 4.70. The van der Waals surface area contributed by atoms with Crippen LogP contribution >= 0.6 is 15.9 Å². The molecule has 0 aliphatic carbocycles. The quantitative estimate of drug-likeness (QED) is 0.783. The third-order valence-corrected chi connectivity index (χ3v) is 4.94. The van der Waals surface area contributed by atoms with E-state index in [1.807, 2.05) is 0 Å². The molecule has 0 aliphatic heterocycles. The van der Waals surface area contributed by atoms with Crippen molar-refractivity contribution in [3.63, 3.8) is 0 Å². The van der Waals surface area contributed by atoms with Crippen molar-refractivity contribution in [2.75, 3.05) is 38.3 Å². The maximum absolute atomic E-state index is 11.9. The molecule has 0 saturated heterocycles. The highest BCUT2D eigenvalue weighted by Crippen LogP contribution is 2.27. The molecule has 2 aromatic heterocycles. The van der Waals surface area contributed by atoms with Crippen LogP contribution in [0.4, 0.5) is 5.88 Å². The highest BCUT2D eigenvalue weighted by atomic mass is 79.9. The molecule has 2 heterocycles. The Hall–Kier alpha value is -1.32. The molecule has 0 atom stereocenters. The molecule has 0 fully saturated rings. The molecule has 7 nitrogen and oxygen atoms in total. The van der Waals surface area contributed by atoms with Crippen molar-refractivity contribution in [2.45, 2.75) is 0 Å². The maximum atomic E-state index is 11.9. The molecule has 0 radical (unpaired) electrons. The number of nitrogens with zero attached hydrogens (tertiary/aromatic N) is 2. The maximum Gasteiger partial charge on any atom is 0.230 e. The molecule has 0 aliphatic rings. The van der Waals surface area contributed by atoms with E-state index in [0.29, 0.717) is 22.5 Å². The first kappa shape index (κ1) is 16.1. The zero-order valence-corrected chi connectivity index (χ0v) is 14.2. The molecular formula is C12H15BrN2O5S. The highest BCUT2D eigenvalue weighted by Gasteiger charge is 2.16. The van der Waals surface area contributed by atoms with E-state index in [0.717, 1.165) is 6.26 Å². The van der Waals surface area contributed by atoms with Gasteiger partial charge >= 0.3 is 0 Å². The van der Waals surface area contributed by atoms with Crippen LogP contribution in [0.1, 0.15) is 0 Å². The smallest absolute Gasteiger partial charge is 0.230 e. The standard InChI is InChI=1S/C12H15BrN2O5S/c1-14(4-5-15(2)21(3,17)18)10-6-9(16)12-11(20-10)8(13)7-19-12/h6-7H,4-5H2,1-3H3. The second kappa shape index (κ2) is 5.82. The largest absolute Gasteiger partial charge is 0.456 e. The van der Waals surface area contributed by atoms with Gasteiger partial charge in [0.1, 0.15) is 6.26 Å². The van der Waals surface area contributed by atoms with Crippen molar-refractivity contribution in [1.82, 2.24) is 4.31 Å². The summed E-state index contributed by atoms with van der Waals surface area (Å²) >= 11 is 3.24. The minimum absolute atomic E-state index is 0.146. The third-order valence-electron chi connectivity index (χ3n) is 3.08. The number of halogens is 1. The molecule has 0 spiro atoms. The van der Waals surface area contributed by atoms with Crippen LogP contribution in [0, 0.1) is 0 Å². The van der Waals surface area contributed by atoms with E-state index in [9.17, 15) is 13.2 Å². The van der Waals surface area contributed by atoms with Gasteiger partial charge in [0, 0.05) is 27.2 Å². The molecule has 0 amide bonds. The minimum atomic E-state index is -3.23. The molecule has 0 saturated carbocycles. The lowest BCUT2D eigenvalue weighted by Crippen LogP contribution is -2.34. The molecule has 2 aromatic rings. The van der Waals surface area contributed by atoms with Gasteiger partial charge < -0.3 is 13.7 Å². The topological polar surface area (TPSA) is 84.0 Å². The fraction of sp³-hybridized carbons (Fsp3) is 0.417. The summed E-state index contributed by atoms with van der Waals surface area (Å²) in [5, 5.41) is 0. The number of likely N-dealkylation sites (N-methyl/N-ethyl adjacent to an activating group) is 2. The van der Waals surface area contributed by atoms with Crippen LogP contribution in [0.15, 0.2) is 30.4 Å². The van der Waals surface area contributed by atoms with Gasteiger partial charge in [-0.25, -0.2) is 12.7 Å². The van der Waals surface area contributed by atoms with Crippen LogP contribution < -0.4 is 10.3 Å². The molecule has 2 rings (SSSR count). The van der Waals surface area contributed by atoms with Crippen molar-refractivity contribution in [3.8, 4) is 0 Å². The summed E-state index contributed by atoms with van der Waals surface area (Å²) in [6.07, 6.45) is 2.53. The van der Waals surface area contributed by atoms with Gasteiger partial charge in [-0.3, -0.25) is 4.79 Å². The van der Waals surface area contributed by atoms with Crippen molar-refractivity contribution in [1.29, 1.82) is 0 Å². The molecular weight excluding hydrogens is 364 g/mol. The fourth-order valence-electron chi connectivity index (χ4n) is 1.66. The zero-order chi connectivity index (χ0) is 15.8. The van der Waals surface area contributed by atoms with Crippen LogP contribution in [0.5, 0.6) is 0 Å². The first-order chi connectivity index (χ1) is 9.70. The minimum Gasteiger partial charge on any atom is -0.456 e. The summed E-state index contributed by atoms with van der Waals surface area (Å²) in [7, 11) is -0.0177. The lowest BCUT2D eigenvalue weighted by atomic mass is 10.4. The summed E-state index contributed by atoms with van der Waals surface area (Å²) in [6, 6.07) is 1.32. The molecule has 0 aromatic carbocycles. The normalized spacial score (nSPS) is 12.2. The molecule has 21 heavy (non-hydrogen) atoms. The summed E-state index contributed by atoms with van der Waals surface area (Å²) in [6.45, 7) is 0.664. The molecule has 0 N–H and O–H groups in total.